The summed E-state index contributed by atoms with van der Waals surface area (Å²) in [6.07, 6.45) is 14.6. The maximum atomic E-state index is 4.28. The van der Waals surface area contributed by atoms with E-state index in [9.17, 15) is 0 Å². The van der Waals surface area contributed by atoms with Gasteiger partial charge in [0.05, 0.1) is 16.9 Å². The number of rotatable bonds is 5. The lowest BCUT2D eigenvalue weighted by atomic mass is 9.94. The lowest BCUT2D eigenvalue weighted by molar-refractivity contribution is 0.462. The molecule has 0 saturated heterocycles. The minimum atomic E-state index is 0.134. The lowest BCUT2D eigenvalue weighted by Gasteiger charge is -2.29. The van der Waals surface area contributed by atoms with Crippen molar-refractivity contribution in [3.05, 3.63) is 36.2 Å². The molecule has 0 amide bonds. The third kappa shape index (κ3) is 5.29. The monoisotopic (exact) mass is 288 g/mol. The van der Waals surface area contributed by atoms with E-state index in [-0.39, 0.29) is 5.54 Å². The summed E-state index contributed by atoms with van der Waals surface area (Å²) in [4.78, 5) is 12.6. The highest BCUT2D eigenvalue weighted by molar-refractivity contribution is 5.71. The van der Waals surface area contributed by atoms with Crippen molar-refractivity contribution in [2.45, 2.75) is 65.3 Å². The Morgan fingerprint density at radius 2 is 1.67 bits per heavy atom. The SMILES string of the molecule is CCC1(CC)C=NC=CN1.CCCc1nccnc1CC. The molecule has 0 fully saturated rings. The second-order valence-corrected chi connectivity index (χ2v) is 5.15. The second kappa shape index (κ2) is 9.27. The van der Waals surface area contributed by atoms with Crippen LogP contribution in [0.1, 0.15) is 58.3 Å². The molecule has 0 aliphatic carbocycles. The number of aliphatic imine (C=N–C) groups is 1. The Kier molecular flexibility index (Phi) is 7.65. The molecule has 1 N–H and O–H groups in total. The van der Waals surface area contributed by atoms with Gasteiger partial charge in [0.2, 0.25) is 0 Å². The Bertz CT molecular complexity index is 462. The van der Waals surface area contributed by atoms with Gasteiger partial charge in [-0.15, -0.1) is 0 Å². The van der Waals surface area contributed by atoms with Crippen LogP contribution in [0.15, 0.2) is 29.8 Å². The fraction of sp³-hybridized carbons (Fsp3) is 0.588. The molecule has 21 heavy (non-hydrogen) atoms. The first-order valence-corrected chi connectivity index (χ1v) is 7.97. The Morgan fingerprint density at radius 1 is 1.00 bits per heavy atom. The lowest BCUT2D eigenvalue weighted by Crippen LogP contribution is -2.43. The Labute approximate surface area is 128 Å². The quantitative estimate of drug-likeness (QED) is 0.899. The second-order valence-electron chi connectivity index (χ2n) is 5.15. The molecule has 4 heteroatoms. The van der Waals surface area contributed by atoms with Crippen LogP contribution in [-0.4, -0.2) is 21.7 Å². The van der Waals surface area contributed by atoms with Gasteiger partial charge in [-0.3, -0.25) is 15.0 Å². The Balaban J connectivity index is 0.000000211. The molecular weight excluding hydrogens is 260 g/mol. The number of aryl methyl sites for hydroxylation is 2. The molecule has 1 aromatic rings. The molecule has 0 spiro atoms. The van der Waals surface area contributed by atoms with Gasteiger partial charge < -0.3 is 5.32 Å². The van der Waals surface area contributed by atoms with Crippen LogP contribution in [-0.2, 0) is 12.8 Å². The van der Waals surface area contributed by atoms with Crippen LogP contribution in [0.2, 0.25) is 0 Å². The number of aromatic nitrogens is 2. The van der Waals surface area contributed by atoms with Gasteiger partial charge in [-0.1, -0.05) is 34.1 Å². The van der Waals surface area contributed by atoms with Crippen LogP contribution >= 0.6 is 0 Å². The molecule has 0 unspecified atom stereocenters. The third-order valence-electron chi connectivity index (χ3n) is 3.80. The highest BCUT2D eigenvalue weighted by Crippen LogP contribution is 2.14. The van der Waals surface area contributed by atoms with E-state index in [4.69, 9.17) is 0 Å². The van der Waals surface area contributed by atoms with Crippen molar-refractivity contribution in [2.75, 3.05) is 0 Å². The van der Waals surface area contributed by atoms with E-state index >= 15 is 0 Å². The first kappa shape index (κ1) is 17.3. The van der Waals surface area contributed by atoms with Gasteiger partial charge in [0.25, 0.3) is 0 Å². The number of nitrogens with one attached hydrogen (secondary N) is 1. The molecule has 0 aromatic carbocycles. The van der Waals surface area contributed by atoms with Crippen molar-refractivity contribution in [1.82, 2.24) is 15.3 Å². The summed E-state index contributed by atoms with van der Waals surface area (Å²) < 4.78 is 0. The van der Waals surface area contributed by atoms with E-state index in [1.807, 2.05) is 12.4 Å². The summed E-state index contributed by atoms with van der Waals surface area (Å²) in [6, 6.07) is 0. The average molecular weight is 288 g/mol. The third-order valence-corrected chi connectivity index (χ3v) is 3.80. The average Bonchev–Trinajstić information content (AvgIpc) is 2.57. The van der Waals surface area contributed by atoms with Gasteiger partial charge in [-0.2, -0.15) is 0 Å². The van der Waals surface area contributed by atoms with Gasteiger partial charge in [-0.25, -0.2) is 0 Å². The highest BCUT2D eigenvalue weighted by Gasteiger charge is 2.22. The van der Waals surface area contributed by atoms with Gasteiger partial charge in [0.15, 0.2) is 0 Å². The first-order chi connectivity index (χ1) is 10.2. The molecular formula is C17H28N4. The van der Waals surface area contributed by atoms with Crippen molar-refractivity contribution in [3.63, 3.8) is 0 Å². The topological polar surface area (TPSA) is 50.2 Å². The smallest absolute Gasteiger partial charge is 0.0716 e. The Morgan fingerprint density at radius 3 is 2.10 bits per heavy atom. The standard InChI is InChI=1S/C9H14N2.C8H14N2/c1-3-5-9-8(4-2)10-6-7-11-9;1-3-8(4-2)7-9-5-6-10-8/h6-7H,3-5H2,1-2H3;5-7,10H,3-4H2,1-2H3. The van der Waals surface area contributed by atoms with Gasteiger partial charge in [0, 0.05) is 31.0 Å². The van der Waals surface area contributed by atoms with E-state index in [0.29, 0.717) is 0 Å². The molecule has 116 valence electrons. The minimum Gasteiger partial charge on any atom is -0.379 e. The molecule has 0 saturated carbocycles. The molecule has 4 nitrogen and oxygen atoms in total. The van der Waals surface area contributed by atoms with Crippen LogP contribution in [0.25, 0.3) is 0 Å². The van der Waals surface area contributed by atoms with Gasteiger partial charge >= 0.3 is 0 Å². The zero-order chi connectivity index (χ0) is 15.6. The van der Waals surface area contributed by atoms with E-state index in [1.54, 1.807) is 18.6 Å². The highest BCUT2D eigenvalue weighted by atomic mass is 15.0. The van der Waals surface area contributed by atoms with Crippen molar-refractivity contribution >= 4 is 6.21 Å². The normalized spacial score (nSPS) is 15.0. The van der Waals surface area contributed by atoms with E-state index in [0.717, 1.165) is 43.5 Å². The van der Waals surface area contributed by atoms with E-state index in [2.05, 4.69) is 48.0 Å². The zero-order valence-electron chi connectivity index (χ0n) is 13.8. The van der Waals surface area contributed by atoms with E-state index in [1.165, 1.54) is 0 Å². The van der Waals surface area contributed by atoms with Crippen LogP contribution < -0.4 is 5.32 Å². The largest absolute Gasteiger partial charge is 0.379 e. The maximum absolute atomic E-state index is 4.28. The fourth-order valence-electron chi connectivity index (χ4n) is 2.24. The first-order valence-electron chi connectivity index (χ1n) is 7.97. The summed E-state index contributed by atoms with van der Waals surface area (Å²) in [5.74, 6) is 0. The van der Waals surface area contributed by atoms with Crippen LogP contribution in [0.4, 0.5) is 0 Å². The summed E-state index contributed by atoms with van der Waals surface area (Å²) >= 11 is 0. The number of hydrogen-bond donors (Lipinski definition) is 1. The molecule has 0 bridgehead atoms. The molecule has 1 aliphatic rings. The Hall–Kier alpha value is -1.71. The van der Waals surface area contributed by atoms with Crippen LogP contribution in [0.5, 0.6) is 0 Å². The van der Waals surface area contributed by atoms with Gasteiger partial charge in [-0.05, 0) is 25.7 Å². The summed E-state index contributed by atoms with van der Waals surface area (Å²) in [6.45, 7) is 8.61. The molecule has 0 radical (unpaired) electrons. The number of hydrogen-bond acceptors (Lipinski definition) is 4. The van der Waals surface area contributed by atoms with Crippen molar-refractivity contribution in [1.29, 1.82) is 0 Å². The maximum Gasteiger partial charge on any atom is 0.0716 e. The molecule has 1 aromatic heterocycles. The molecule has 2 heterocycles. The predicted molar refractivity (Wildman–Crippen MR) is 89.5 cm³/mol. The minimum absolute atomic E-state index is 0.134. The summed E-state index contributed by atoms with van der Waals surface area (Å²) in [5, 5.41) is 3.30. The summed E-state index contributed by atoms with van der Waals surface area (Å²) in [7, 11) is 0. The predicted octanol–water partition coefficient (Wildman–Crippen LogP) is 3.68. The number of nitrogens with zero attached hydrogens (tertiary/aromatic N) is 3. The van der Waals surface area contributed by atoms with Crippen LogP contribution in [0, 0.1) is 0 Å². The molecule has 0 atom stereocenters. The fourth-order valence-corrected chi connectivity index (χ4v) is 2.24. The van der Waals surface area contributed by atoms with Crippen molar-refractivity contribution in [3.8, 4) is 0 Å². The summed E-state index contributed by atoms with van der Waals surface area (Å²) in [5.41, 5.74) is 2.45. The van der Waals surface area contributed by atoms with Crippen molar-refractivity contribution in [2.24, 2.45) is 4.99 Å². The van der Waals surface area contributed by atoms with Crippen molar-refractivity contribution < 1.29 is 0 Å². The van der Waals surface area contributed by atoms with Gasteiger partial charge in [0.1, 0.15) is 0 Å². The van der Waals surface area contributed by atoms with E-state index < -0.39 is 0 Å². The zero-order valence-corrected chi connectivity index (χ0v) is 13.8. The molecule has 2 rings (SSSR count). The molecule has 1 aliphatic heterocycles. The van der Waals surface area contributed by atoms with Crippen LogP contribution in [0.3, 0.4) is 0 Å².